The van der Waals surface area contributed by atoms with Crippen LogP contribution < -0.4 is 24.0 Å². The van der Waals surface area contributed by atoms with Crippen molar-refractivity contribution in [2.45, 2.75) is 32.4 Å². The quantitative estimate of drug-likeness (QED) is 0.444. The van der Waals surface area contributed by atoms with Gasteiger partial charge >= 0.3 is 18.9 Å². The normalized spacial score (nSPS) is 25.7. The number of carboxylic acids is 1. The molecule has 0 aliphatic carbocycles. The zero-order chi connectivity index (χ0) is 10.7. The molecule has 0 amide bonds. The second kappa shape index (κ2) is 6.54. The second-order valence-corrected chi connectivity index (χ2v) is 4.09. The monoisotopic (exact) mass is 206 g/mol. The zero-order valence-electron chi connectivity index (χ0n) is 10.2. The molecule has 0 N–H and O–H groups in total. The summed E-state index contributed by atoms with van der Waals surface area (Å²) in [5.74, 6) is -0.941. The van der Waals surface area contributed by atoms with Crippen LogP contribution in [0.25, 0.3) is 0 Å². The number of aliphatic carboxylic acids is 1. The predicted molar refractivity (Wildman–Crippen MR) is 52.8 cm³/mol. The average molecular weight is 206 g/mol. The van der Waals surface area contributed by atoms with Gasteiger partial charge in [0.15, 0.2) is 0 Å². The molecule has 0 aromatic heterocycles. The van der Waals surface area contributed by atoms with Crippen molar-refractivity contribution < 1.29 is 28.8 Å². The molecule has 1 saturated heterocycles. The molecule has 0 radical (unpaired) electrons. The third kappa shape index (κ3) is 3.80. The topological polar surface area (TPSA) is 46.6 Å². The molecule has 1 heterocycles. The largest absolute Gasteiger partial charge is 1.00 e. The maximum Gasteiger partial charge on any atom is 1.00 e. The van der Waals surface area contributed by atoms with E-state index in [4.69, 9.17) is 0 Å². The minimum atomic E-state index is -0.941. The summed E-state index contributed by atoms with van der Waals surface area (Å²) in [6, 6.07) is -0.115. The van der Waals surface area contributed by atoms with E-state index in [1.807, 2.05) is 11.8 Å². The minimum absolute atomic E-state index is 0. The molecule has 2 atom stereocenters. The van der Waals surface area contributed by atoms with Crippen LogP contribution in [0.4, 0.5) is 0 Å². The summed E-state index contributed by atoms with van der Waals surface area (Å²) in [6.45, 7) is 6.66. The van der Waals surface area contributed by atoms with Gasteiger partial charge in [-0.2, -0.15) is 0 Å². The van der Waals surface area contributed by atoms with Gasteiger partial charge < -0.3 is 14.8 Å². The molecule has 0 bridgehead atoms. The maximum absolute atomic E-state index is 10.9. The van der Waals surface area contributed by atoms with Gasteiger partial charge in [0.1, 0.15) is 0 Å². The molecular weight excluding hydrogens is 187 g/mol. The summed E-state index contributed by atoms with van der Waals surface area (Å²) >= 11 is 0. The van der Waals surface area contributed by atoms with Gasteiger partial charge in [-0.3, -0.25) is 4.90 Å². The fourth-order valence-corrected chi connectivity index (χ4v) is 2.15. The van der Waals surface area contributed by atoms with E-state index in [1.54, 1.807) is 0 Å². The molecule has 4 nitrogen and oxygen atoms in total. The van der Waals surface area contributed by atoms with Crippen molar-refractivity contribution in [1.82, 2.24) is 9.80 Å². The van der Waals surface area contributed by atoms with Crippen molar-refractivity contribution in [3.8, 4) is 0 Å². The van der Waals surface area contributed by atoms with Crippen LogP contribution in [-0.2, 0) is 4.79 Å². The van der Waals surface area contributed by atoms with Gasteiger partial charge in [-0.1, -0.05) is 6.92 Å². The summed E-state index contributed by atoms with van der Waals surface area (Å²) in [5, 5.41) is 10.9. The fourth-order valence-electron chi connectivity index (χ4n) is 2.15. The van der Waals surface area contributed by atoms with Crippen LogP contribution in [0.5, 0.6) is 0 Å². The molecule has 0 spiro atoms. The smallest absolute Gasteiger partial charge is 0.548 e. The van der Waals surface area contributed by atoms with Crippen molar-refractivity contribution in [3.63, 3.8) is 0 Å². The van der Waals surface area contributed by atoms with Crippen molar-refractivity contribution in [3.05, 3.63) is 0 Å². The van der Waals surface area contributed by atoms with Crippen molar-refractivity contribution >= 4 is 5.97 Å². The van der Waals surface area contributed by atoms with Crippen LogP contribution in [0.2, 0.25) is 0 Å². The standard InChI is InChI=1S/C10H20N2O2.Li/c1-4-9(10(13)14)12-6-5-11(3)7-8(12)2;/h8-9H,4-7H2,1-3H3,(H,13,14);/q;+1/p-1. The molecule has 1 aliphatic rings. The Morgan fingerprint density at radius 3 is 2.53 bits per heavy atom. The molecule has 82 valence electrons. The van der Waals surface area contributed by atoms with Crippen molar-refractivity contribution in [1.29, 1.82) is 0 Å². The Balaban J connectivity index is 0.00000196. The summed E-state index contributed by atoms with van der Waals surface area (Å²) in [7, 11) is 2.06. The average Bonchev–Trinajstić information content (AvgIpc) is 2.09. The number of carbonyl (C=O) groups is 1. The number of carbonyl (C=O) groups excluding carboxylic acids is 1. The van der Waals surface area contributed by atoms with E-state index >= 15 is 0 Å². The first-order valence-electron chi connectivity index (χ1n) is 5.21. The molecule has 1 fully saturated rings. The Morgan fingerprint density at radius 1 is 1.53 bits per heavy atom. The Morgan fingerprint density at radius 2 is 2.13 bits per heavy atom. The first-order valence-corrected chi connectivity index (χ1v) is 5.21. The van der Waals surface area contributed by atoms with Crippen molar-refractivity contribution in [2.75, 3.05) is 26.7 Å². The molecule has 1 rings (SSSR count). The number of likely N-dealkylation sites (N-methyl/N-ethyl adjacent to an activating group) is 1. The second-order valence-electron chi connectivity index (χ2n) is 4.09. The summed E-state index contributed by atoms with van der Waals surface area (Å²) in [4.78, 5) is 15.2. The minimum Gasteiger partial charge on any atom is -0.548 e. The van der Waals surface area contributed by atoms with Gasteiger partial charge in [0, 0.05) is 31.7 Å². The summed E-state index contributed by atoms with van der Waals surface area (Å²) in [6.07, 6.45) is 0.621. The number of piperazine rings is 1. The molecular formula is C10H19LiN2O2. The SMILES string of the molecule is CCC(C(=O)[O-])N1CCN(C)CC1C.[Li+]. The van der Waals surface area contributed by atoms with Crippen LogP contribution in [0.3, 0.4) is 0 Å². The predicted octanol–water partition coefficient (Wildman–Crippen LogP) is -3.85. The van der Waals surface area contributed by atoms with Gasteiger partial charge in [0.25, 0.3) is 0 Å². The molecule has 0 aromatic rings. The molecule has 5 heteroatoms. The first kappa shape index (κ1) is 15.0. The Labute approximate surface area is 104 Å². The van der Waals surface area contributed by atoms with E-state index in [2.05, 4.69) is 18.9 Å². The Kier molecular flexibility index (Phi) is 6.54. The van der Waals surface area contributed by atoms with Gasteiger partial charge in [0.2, 0.25) is 0 Å². The van der Waals surface area contributed by atoms with E-state index in [1.165, 1.54) is 0 Å². The Hall–Kier alpha value is -0.0126. The zero-order valence-corrected chi connectivity index (χ0v) is 10.2. The molecule has 15 heavy (non-hydrogen) atoms. The number of hydrogen-bond donors (Lipinski definition) is 0. The molecule has 2 unspecified atom stereocenters. The first-order chi connectivity index (χ1) is 6.56. The fraction of sp³-hybridized carbons (Fsp3) is 0.900. The van der Waals surface area contributed by atoms with E-state index in [0.29, 0.717) is 12.5 Å². The number of hydrogen-bond acceptors (Lipinski definition) is 4. The van der Waals surface area contributed by atoms with E-state index < -0.39 is 12.0 Å². The van der Waals surface area contributed by atoms with E-state index in [9.17, 15) is 9.90 Å². The number of carboxylic acid groups (broad SMARTS) is 1. The molecule has 0 saturated carbocycles. The van der Waals surface area contributed by atoms with Crippen LogP contribution >= 0.6 is 0 Å². The Bertz CT molecular complexity index is 214. The van der Waals surface area contributed by atoms with Crippen molar-refractivity contribution in [2.24, 2.45) is 0 Å². The number of rotatable bonds is 3. The van der Waals surface area contributed by atoms with Crippen LogP contribution in [0, 0.1) is 0 Å². The molecule has 1 aliphatic heterocycles. The van der Waals surface area contributed by atoms with Gasteiger partial charge in [-0.15, -0.1) is 0 Å². The number of nitrogens with zero attached hydrogens (tertiary/aromatic N) is 2. The maximum atomic E-state index is 10.9. The van der Waals surface area contributed by atoms with Gasteiger partial charge in [0.05, 0.1) is 5.97 Å². The van der Waals surface area contributed by atoms with Crippen LogP contribution in [0.1, 0.15) is 20.3 Å². The van der Waals surface area contributed by atoms with Gasteiger partial charge in [-0.05, 0) is 20.4 Å². The van der Waals surface area contributed by atoms with E-state index in [0.717, 1.165) is 19.6 Å². The van der Waals surface area contributed by atoms with Gasteiger partial charge in [-0.25, -0.2) is 0 Å². The van der Waals surface area contributed by atoms with E-state index in [-0.39, 0.29) is 18.9 Å². The third-order valence-electron chi connectivity index (χ3n) is 2.94. The van der Waals surface area contributed by atoms with Crippen LogP contribution in [0.15, 0.2) is 0 Å². The molecule has 0 aromatic carbocycles. The van der Waals surface area contributed by atoms with Crippen LogP contribution in [-0.4, -0.2) is 54.5 Å². The summed E-state index contributed by atoms with van der Waals surface area (Å²) < 4.78 is 0. The third-order valence-corrected chi connectivity index (χ3v) is 2.94. The summed E-state index contributed by atoms with van der Waals surface area (Å²) in [5.41, 5.74) is 0.